The molecule has 1 amide bonds. The first kappa shape index (κ1) is 20.9. The van der Waals surface area contributed by atoms with Crippen molar-refractivity contribution in [1.82, 2.24) is 14.5 Å². The molecule has 1 unspecified atom stereocenters. The molecule has 0 spiro atoms. The Kier molecular flexibility index (Phi) is 6.64. The van der Waals surface area contributed by atoms with E-state index in [1.165, 1.54) is 41.5 Å². The minimum atomic E-state index is 0.0771. The van der Waals surface area contributed by atoms with Crippen LogP contribution in [0.1, 0.15) is 75.3 Å². The molecule has 4 rings (SSSR count). The molecule has 0 N–H and O–H groups in total. The van der Waals surface area contributed by atoms with Crippen molar-refractivity contribution < 1.29 is 4.79 Å². The molecular formula is C22H31N3O2S2. The SMILES string of the molecule is CCC(C)n1c(SCC(=O)N2CCCCC2)nc2sc3c(c2c1=O)CCCCC3. The number of aryl methyl sites for hydroxylation is 2. The van der Waals surface area contributed by atoms with Crippen LogP contribution in [0.3, 0.4) is 0 Å². The van der Waals surface area contributed by atoms with Crippen LogP contribution in [-0.4, -0.2) is 39.2 Å². The molecule has 2 aromatic heterocycles. The Morgan fingerprint density at radius 3 is 2.62 bits per heavy atom. The average molecular weight is 434 g/mol. The number of fused-ring (bicyclic) bond motifs is 3. The van der Waals surface area contributed by atoms with Gasteiger partial charge >= 0.3 is 0 Å². The fourth-order valence-electron chi connectivity index (χ4n) is 4.41. The van der Waals surface area contributed by atoms with Gasteiger partial charge in [-0.3, -0.25) is 14.2 Å². The number of amides is 1. The molecule has 1 atom stereocenters. The number of hydrogen-bond acceptors (Lipinski definition) is 5. The number of piperidine rings is 1. The Hall–Kier alpha value is -1.34. The second-order valence-electron chi connectivity index (χ2n) is 8.30. The summed E-state index contributed by atoms with van der Waals surface area (Å²) < 4.78 is 1.86. The third-order valence-corrected chi connectivity index (χ3v) is 8.43. The summed E-state index contributed by atoms with van der Waals surface area (Å²) in [6, 6.07) is 0.0771. The Morgan fingerprint density at radius 1 is 1.14 bits per heavy atom. The van der Waals surface area contributed by atoms with Crippen LogP contribution in [0.2, 0.25) is 0 Å². The van der Waals surface area contributed by atoms with Crippen LogP contribution in [0.15, 0.2) is 9.95 Å². The van der Waals surface area contributed by atoms with Crippen molar-refractivity contribution in [3.05, 3.63) is 20.8 Å². The van der Waals surface area contributed by atoms with E-state index in [-0.39, 0.29) is 17.5 Å². The monoisotopic (exact) mass is 433 g/mol. The largest absolute Gasteiger partial charge is 0.342 e. The van der Waals surface area contributed by atoms with Crippen molar-refractivity contribution in [3.8, 4) is 0 Å². The summed E-state index contributed by atoms with van der Waals surface area (Å²) in [4.78, 5) is 35.3. The van der Waals surface area contributed by atoms with Crippen molar-refractivity contribution >= 4 is 39.2 Å². The van der Waals surface area contributed by atoms with Gasteiger partial charge in [0.15, 0.2) is 5.16 Å². The van der Waals surface area contributed by atoms with Gasteiger partial charge in [0.25, 0.3) is 5.56 Å². The molecule has 2 aliphatic rings. The molecule has 0 radical (unpaired) electrons. The molecule has 1 fully saturated rings. The van der Waals surface area contributed by atoms with E-state index in [0.29, 0.717) is 10.9 Å². The van der Waals surface area contributed by atoms with E-state index >= 15 is 0 Å². The summed E-state index contributed by atoms with van der Waals surface area (Å²) in [6.45, 7) is 5.91. The second kappa shape index (κ2) is 9.21. The highest BCUT2D eigenvalue weighted by Crippen LogP contribution is 2.35. The van der Waals surface area contributed by atoms with Crippen molar-refractivity contribution in [1.29, 1.82) is 0 Å². The molecule has 5 nitrogen and oxygen atoms in total. The minimum absolute atomic E-state index is 0.0771. The number of thiophene rings is 1. The topological polar surface area (TPSA) is 55.2 Å². The fraction of sp³-hybridized carbons (Fsp3) is 0.682. The smallest absolute Gasteiger partial charge is 0.263 e. The predicted molar refractivity (Wildman–Crippen MR) is 121 cm³/mol. The summed E-state index contributed by atoms with van der Waals surface area (Å²) >= 11 is 3.14. The van der Waals surface area contributed by atoms with Crippen LogP contribution in [0.5, 0.6) is 0 Å². The lowest BCUT2D eigenvalue weighted by atomic mass is 10.1. The summed E-state index contributed by atoms with van der Waals surface area (Å²) in [5.41, 5.74) is 1.34. The van der Waals surface area contributed by atoms with Gasteiger partial charge in [-0.25, -0.2) is 4.98 Å². The maximum atomic E-state index is 13.6. The van der Waals surface area contributed by atoms with Gasteiger partial charge in [-0.2, -0.15) is 0 Å². The van der Waals surface area contributed by atoms with Gasteiger partial charge in [0, 0.05) is 24.0 Å². The lowest BCUT2D eigenvalue weighted by Gasteiger charge is -2.26. The van der Waals surface area contributed by atoms with Gasteiger partial charge in [-0.1, -0.05) is 25.1 Å². The molecule has 0 saturated carbocycles. The lowest BCUT2D eigenvalue weighted by Crippen LogP contribution is -2.37. The van der Waals surface area contributed by atoms with Crippen LogP contribution in [0.25, 0.3) is 10.2 Å². The molecule has 3 heterocycles. The van der Waals surface area contributed by atoms with E-state index in [2.05, 4.69) is 13.8 Å². The van der Waals surface area contributed by atoms with E-state index in [1.54, 1.807) is 11.3 Å². The fourth-order valence-corrected chi connectivity index (χ4v) is 6.71. The van der Waals surface area contributed by atoms with E-state index in [0.717, 1.165) is 61.8 Å². The first-order chi connectivity index (χ1) is 14.1. The maximum absolute atomic E-state index is 13.6. The number of carbonyl (C=O) groups is 1. The first-order valence-corrected chi connectivity index (χ1v) is 12.9. The number of hydrogen-bond donors (Lipinski definition) is 0. The van der Waals surface area contributed by atoms with Gasteiger partial charge in [0.2, 0.25) is 5.91 Å². The lowest BCUT2D eigenvalue weighted by molar-refractivity contribution is -0.129. The highest BCUT2D eigenvalue weighted by molar-refractivity contribution is 7.99. The molecule has 0 bridgehead atoms. The quantitative estimate of drug-likeness (QED) is 0.386. The molecule has 1 aliphatic carbocycles. The molecule has 7 heteroatoms. The summed E-state index contributed by atoms with van der Waals surface area (Å²) in [6.07, 6.45) is 9.93. The maximum Gasteiger partial charge on any atom is 0.263 e. The van der Waals surface area contributed by atoms with E-state index in [9.17, 15) is 9.59 Å². The normalized spacial score (nSPS) is 18.5. The molecule has 1 saturated heterocycles. The Bertz CT molecular complexity index is 944. The Labute approximate surface area is 180 Å². The number of aromatic nitrogens is 2. The predicted octanol–water partition coefficient (Wildman–Crippen LogP) is 4.80. The summed E-state index contributed by atoms with van der Waals surface area (Å²) in [5, 5.41) is 1.55. The zero-order chi connectivity index (χ0) is 20.4. The van der Waals surface area contributed by atoms with Crippen LogP contribution in [0, 0.1) is 0 Å². The first-order valence-electron chi connectivity index (χ1n) is 11.1. The Morgan fingerprint density at radius 2 is 1.86 bits per heavy atom. The van der Waals surface area contributed by atoms with E-state index in [1.807, 2.05) is 9.47 Å². The molecule has 29 heavy (non-hydrogen) atoms. The van der Waals surface area contributed by atoms with Crippen molar-refractivity contribution in [2.45, 2.75) is 82.8 Å². The standard InChI is InChI=1S/C22H31N3O2S2/c1-3-15(2)25-21(27)19-16-10-6-4-7-11-17(16)29-20(19)23-22(25)28-14-18(26)24-12-8-5-9-13-24/h15H,3-14H2,1-2H3. The number of likely N-dealkylation sites (tertiary alicyclic amines) is 1. The number of nitrogens with zero attached hydrogens (tertiary/aromatic N) is 3. The van der Waals surface area contributed by atoms with Crippen LogP contribution >= 0.6 is 23.1 Å². The summed E-state index contributed by atoms with van der Waals surface area (Å²) in [5.74, 6) is 0.529. The minimum Gasteiger partial charge on any atom is -0.342 e. The van der Waals surface area contributed by atoms with Crippen LogP contribution in [0.4, 0.5) is 0 Å². The van der Waals surface area contributed by atoms with Crippen molar-refractivity contribution in [2.75, 3.05) is 18.8 Å². The van der Waals surface area contributed by atoms with Gasteiger partial charge in [0.05, 0.1) is 11.1 Å². The Balaban J connectivity index is 1.68. The third-order valence-electron chi connectivity index (χ3n) is 6.30. The van der Waals surface area contributed by atoms with Gasteiger partial charge in [0.1, 0.15) is 4.83 Å². The highest BCUT2D eigenvalue weighted by Gasteiger charge is 2.24. The average Bonchev–Trinajstić information content (AvgIpc) is 2.93. The van der Waals surface area contributed by atoms with E-state index < -0.39 is 0 Å². The van der Waals surface area contributed by atoms with Crippen molar-refractivity contribution in [3.63, 3.8) is 0 Å². The number of thioether (sulfide) groups is 1. The van der Waals surface area contributed by atoms with Gasteiger partial charge in [-0.05, 0) is 63.9 Å². The zero-order valence-electron chi connectivity index (χ0n) is 17.5. The molecule has 0 aromatic carbocycles. The van der Waals surface area contributed by atoms with E-state index in [4.69, 9.17) is 4.98 Å². The third kappa shape index (κ3) is 4.26. The molecule has 1 aliphatic heterocycles. The summed E-state index contributed by atoms with van der Waals surface area (Å²) in [7, 11) is 0. The van der Waals surface area contributed by atoms with Crippen LogP contribution in [-0.2, 0) is 17.6 Å². The number of rotatable bonds is 5. The zero-order valence-corrected chi connectivity index (χ0v) is 19.2. The second-order valence-corrected chi connectivity index (χ2v) is 10.3. The number of carbonyl (C=O) groups excluding carboxylic acids is 1. The highest BCUT2D eigenvalue weighted by atomic mass is 32.2. The molecule has 158 valence electrons. The van der Waals surface area contributed by atoms with Gasteiger partial charge < -0.3 is 4.90 Å². The van der Waals surface area contributed by atoms with Crippen LogP contribution < -0.4 is 5.56 Å². The molecule has 2 aromatic rings. The van der Waals surface area contributed by atoms with Crippen molar-refractivity contribution in [2.24, 2.45) is 0 Å². The van der Waals surface area contributed by atoms with Gasteiger partial charge in [-0.15, -0.1) is 11.3 Å². The molecular weight excluding hydrogens is 402 g/mol.